The van der Waals surface area contributed by atoms with Crippen molar-refractivity contribution >= 4 is 38.4 Å². The van der Waals surface area contributed by atoms with Gasteiger partial charge in [-0.05, 0) is 47.9 Å². The lowest BCUT2D eigenvalue weighted by molar-refractivity contribution is 0.0739. The zero-order chi connectivity index (χ0) is 18.9. The van der Waals surface area contributed by atoms with Crippen LogP contribution in [0.5, 0.6) is 5.75 Å². The van der Waals surface area contributed by atoms with Crippen LogP contribution >= 0.6 is 0 Å². The Labute approximate surface area is 167 Å². The van der Waals surface area contributed by atoms with Crippen molar-refractivity contribution in [1.82, 2.24) is 0 Å². The van der Waals surface area contributed by atoms with Crippen molar-refractivity contribution < 1.29 is 9.53 Å². The molecule has 1 heterocycles. The van der Waals surface area contributed by atoms with Crippen LogP contribution in [0.1, 0.15) is 23.2 Å². The van der Waals surface area contributed by atoms with Gasteiger partial charge in [-0.2, -0.15) is 0 Å². The molecule has 0 N–H and O–H groups in total. The molecule has 0 aromatic heterocycles. The average molecular weight is 386 g/mol. The van der Waals surface area contributed by atoms with Gasteiger partial charge in [0.1, 0.15) is 17.3 Å². The Morgan fingerprint density at radius 2 is 1.39 bits per heavy atom. The fraction of sp³-hybridized carbons (Fsp3) is 0.160. The van der Waals surface area contributed by atoms with E-state index in [4.69, 9.17) is 4.74 Å². The lowest BCUT2D eigenvalue weighted by Gasteiger charge is -2.11. The first kappa shape index (κ1) is 17.3. The summed E-state index contributed by atoms with van der Waals surface area (Å²) in [6.45, 7) is 0. The topological polar surface area (TPSA) is 26.3 Å². The quantitative estimate of drug-likeness (QED) is 0.246. The molecule has 0 bridgehead atoms. The van der Waals surface area contributed by atoms with Crippen molar-refractivity contribution in [2.45, 2.75) is 17.7 Å². The summed E-state index contributed by atoms with van der Waals surface area (Å²) in [5.41, 5.74) is 0.601. The lowest BCUT2D eigenvalue weighted by Crippen LogP contribution is -2.10. The standard InChI is InChI=1S/C25H21O2S/c26-25(22-13-7-9-18-8-1-2-10-19(18)22)27-23-14-15-24(28-16-5-6-17-28)21-12-4-3-11-20(21)23/h1-4,7-15H,5-6,16-17H2/q+1. The number of esters is 1. The van der Waals surface area contributed by atoms with Gasteiger partial charge in [0.15, 0.2) is 4.90 Å². The molecule has 1 saturated heterocycles. The third-order valence-electron chi connectivity index (χ3n) is 5.40. The van der Waals surface area contributed by atoms with Gasteiger partial charge in [-0.1, -0.05) is 54.6 Å². The van der Waals surface area contributed by atoms with Gasteiger partial charge in [0.05, 0.1) is 5.56 Å². The summed E-state index contributed by atoms with van der Waals surface area (Å²) < 4.78 is 5.90. The molecular weight excluding hydrogens is 364 g/mol. The predicted octanol–water partition coefficient (Wildman–Crippen LogP) is 5.98. The Balaban J connectivity index is 1.55. The molecule has 138 valence electrons. The number of carbonyl (C=O) groups excluding carboxylic acids is 1. The molecule has 4 aromatic carbocycles. The Morgan fingerprint density at radius 1 is 0.714 bits per heavy atom. The highest BCUT2D eigenvalue weighted by atomic mass is 32.2. The van der Waals surface area contributed by atoms with E-state index < -0.39 is 0 Å². The first-order chi connectivity index (χ1) is 13.8. The molecule has 0 saturated carbocycles. The highest BCUT2D eigenvalue weighted by Gasteiger charge is 2.29. The molecule has 0 aliphatic carbocycles. The molecule has 5 rings (SSSR count). The van der Waals surface area contributed by atoms with Crippen LogP contribution in [-0.4, -0.2) is 17.5 Å². The van der Waals surface area contributed by atoms with Crippen LogP contribution in [-0.2, 0) is 10.9 Å². The fourth-order valence-electron chi connectivity index (χ4n) is 4.02. The summed E-state index contributed by atoms with van der Waals surface area (Å²) in [4.78, 5) is 14.4. The third kappa shape index (κ3) is 3.06. The molecule has 0 spiro atoms. The highest BCUT2D eigenvalue weighted by molar-refractivity contribution is 7.97. The van der Waals surface area contributed by atoms with E-state index in [-0.39, 0.29) is 5.97 Å². The molecule has 4 aromatic rings. The van der Waals surface area contributed by atoms with Crippen LogP contribution < -0.4 is 4.74 Å². The minimum Gasteiger partial charge on any atom is -0.422 e. The van der Waals surface area contributed by atoms with Gasteiger partial charge in [0.25, 0.3) is 0 Å². The number of rotatable bonds is 3. The molecule has 0 atom stereocenters. The van der Waals surface area contributed by atoms with Crippen LogP contribution in [0.4, 0.5) is 0 Å². The van der Waals surface area contributed by atoms with Crippen molar-refractivity contribution in [1.29, 1.82) is 0 Å². The molecule has 1 fully saturated rings. The molecule has 1 aliphatic heterocycles. The minimum absolute atomic E-state index is 0.307. The smallest absolute Gasteiger partial charge is 0.344 e. The van der Waals surface area contributed by atoms with Crippen molar-refractivity contribution in [3.8, 4) is 5.75 Å². The molecule has 28 heavy (non-hydrogen) atoms. The van der Waals surface area contributed by atoms with E-state index in [2.05, 4.69) is 24.3 Å². The molecule has 2 nitrogen and oxygen atoms in total. The minimum atomic E-state index is -0.307. The molecule has 0 radical (unpaired) electrons. The Kier molecular flexibility index (Phi) is 4.53. The second-order valence-electron chi connectivity index (χ2n) is 7.13. The van der Waals surface area contributed by atoms with Gasteiger partial charge in [0.2, 0.25) is 0 Å². The second-order valence-corrected chi connectivity index (χ2v) is 9.37. The number of hydrogen-bond acceptors (Lipinski definition) is 2. The highest BCUT2D eigenvalue weighted by Crippen LogP contribution is 2.35. The van der Waals surface area contributed by atoms with E-state index in [1.807, 2.05) is 54.6 Å². The summed E-state index contributed by atoms with van der Waals surface area (Å²) in [6.07, 6.45) is 2.63. The van der Waals surface area contributed by atoms with E-state index in [0.29, 0.717) is 22.2 Å². The number of benzene rings is 4. The summed E-state index contributed by atoms with van der Waals surface area (Å²) >= 11 is 0. The Hall–Kier alpha value is -2.78. The maximum absolute atomic E-state index is 13.0. The average Bonchev–Trinajstić information content (AvgIpc) is 3.28. The van der Waals surface area contributed by atoms with Crippen LogP contribution in [0.15, 0.2) is 83.8 Å². The first-order valence-electron chi connectivity index (χ1n) is 9.70. The summed E-state index contributed by atoms with van der Waals surface area (Å²) in [5, 5.41) is 4.20. The lowest BCUT2D eigenvalue weighted by atomic mass is 10.0. The molecule has 3 heteroatoms. The van der Waals surface area contributed by atoms with Crippen molar-refractivity contribution in [3.05, 3.63) is 84.4 Å². The van der Waals surface area contributed by atoms with Crippen molar-refractivity contribution in [2.24, 2.45) is 0 Å². The third-order valence-corrected chi connectivity index (χ3v) is 7.94. The van der Waals surface area contributed by atoms with Gasteiger partial charge in [-0.3, -0.25) is 0 Å². The van der Waals surface area contributed by atoms with Gasteiger partial charge in [-0.25, -0.2) is 4.79 Å². The first-order valence-corrected chi connectivity index (χ1v) is 11.3. The van der Waals surface area contributed by atoms with E-state index in [0.717, 1.165) is 16.2 Å². The summed E-state index contributed by atoms with van der Waals surface area (Å²) in [7, 11) is 0.319. The van der Waals surface area contributed by atoms with E-state index >= 15 is 0 Å². The normalized spacial score (nSPS) is 14.6. The second kappa shape index (κ2) is 7.33. The van der Waals surface area contributed by atoms with E-state index in [1.54, 1.807) is 0 Å². The zero-order valence-electron chi connectivity index (χ0n) is 15.6. The molecular formula is C25H21O2S+. The van der Waals surface area contributed by atoms with Crippen LogP contribution in [0.3, 0.4) is 0 Å². The van der Waals surface area contributed by atoms with Crippen molar-refractivity contribution in [2.75, 3.05) is 11.5 Å². The zero-order valence-corrected chi connectivity index (χ0v) is 16.4. The van der Waals surface area contributed by atoms with Crippen LogP contribution in [0.2, 0.25) is 0 Å². The molecule has 0 unspecified atom stereocenters. The SMILES string of the molecule is O=C(Oc1ccc([S+]2CCCC2)c2ccccc12)c1cccc2ccccc12. The largest absolute Gasteiger partial charge is 0.422 e. The Bertz CT molecular complexity index is 1170. The van der Waals surface area contributed by atoms with Crippen molar-refractivity contribution in [3.63, 3.8) is 0 Å². The summed E-state index contributed by atoms with van der Waals surface area (Å²) in [5.74, 6) is 2.89. The molecule has 0 amide bonds. The van der Waals surface area contributed by atoms with Gasteiger partial charge in [-0.15, -0.1) is 0 Å². The van der Waals surface area contributed by atoms with E-state index in [9.17, 15) is 4.79 Å². The number of fused-ring (bicyclic) bond motifs is 2. The molecule has 1 aliphatic rings. The maximum atomic E-state index is 13.0. The number of ether oxygens (including phenoxy) is 1. The predicted molar refractivity (Wildman–Crippen MR) is 117 cm³/mol. The fourth-order valence-corrected chi connectivity index (χ4v) is 6.52. The van der Waals surface area contributed by atoms with Crippen LogP contribution in [0, 0.1) is 0 Å². The number of hydrogen-bond donors (Lipinski definition) is 0. The summed E-state index contributed by atoms with van der Waals surface area (Å²) in [6, 6.07) is 26.1. The number of carbonyl (C=O) groups is 1. The van der Waals surface area contributed by atoms with E-state index in [1.165, 1.54) is 34.6 Å². The van der Waals surface area contributed by atoms with Gasteiger partial charge >= 0.3 is 5.97 Å². The van der Waals surface area contributed by atoms with Crippen LogP contribution in [0.25, 0.3) is 21.5 Å². The monoisotopic (exact) mass is 385 g/mol. The maximum Gasteiger partial charge on any atom is 0.344 e. The Morgan fingerprint density at radius 3 is 2.21 bits per heavy atom. The van der Waals surface area contributed by atoms with Gasteiger partial charge in [0, 0.05) is 21.7 Å². The van der Waals surface area contributed by atoms with Gasteiger partial charge < -0.3 is 4.74 Å².